The van der Waals surface area contributed by atoms with Crippen LogP contribution in [0.4, 0.5) is 0 Å². The Balaban J connectivity index is 1.41. The average Bonchev–Trinajstić information content (AvgIpc) is 3.17. The minimum atomic E-state index is -0.0701. The molecule has 0 bridgehead atoms. The number of fused-ring (bicyclic) bond motifs is 1. The Morgan fingerprint density at radius 1 is 0.882 bits per heavy atom. The normalized spacial score (nSPS) is 14.0. The Kier molecular flexibility index (Phi) is 5.79. The molecule has 2 aromatic heterocycles. The molecule has 0 N–H and O–H groups in total. The van der Waals surface area contributed by atoms with Gasteiger partial charge in [0.2, 0.25) is 0 Å². The lowest BCUT2D eigenvalue weighted by atomic mass is 10.0. The molecule has 1 aliphatic heterocycles. The third-order valence-corrected chi connectivity index (χ3v) is 6.47. The molecule has 1 fully saturated rings. The topological polar surface area (TPSA) is 71.3 Å². The van der Waals surface area contributed by atoms with Crippen LogP contribution in [0.15, 0.2) is 60.7 Å². The summed E-state index contributed by atoms with van der Waals surface area (Å²) in [6.07, 6.45) is 0. The number of benzene rings is 2. The van der Waals surface area contributed by atoms with Gasteiger partial charge in [-0.1, -0.05) is 41.9 Å². The maximum Gasteiger partial charge on any atom is 0.254 e. The van der Waals surface area contributed by atoms with Gasteiger partial charge in [-0.05, 0) is 37.3 Å². The zero-order valence-corrected chi connectivity index (χ0v) is 19.8. The van der Waals surface area contributed by atoms with Gasteiger partial charge >= 0.3 is 0 Å². The van der Waals surface area contributed by atoms with Crippen molar-refractivity contribution >= 4 is 34.4 Å². The first-order valence-electron chi connectivity index (χ1n) is 11.2. The second-order valence-corrected chi connectivity index (χ2v) is 8.86. The highest BCUT2D eigenvalue weighted by Gasteiger charge is 2.28. The van der Waals surface area contributed by atoms with E-state index in [9.17, 15) is 9.59 Å². The number of carbonyl (C=O) groups excluding carboxylic acids is 2. The van der Waals surface area contributed by atoms with E-state index in [0.29, 0.717) is 48.0 Å². The number of aryl methyl sites for hydroxylation is 2. The molecule has 0 aliphatic carbocycles. The Morgan fingerprint density at radius 3 is 2.15 bits per heavy atom. The summed E-state index contributed by atoms with van der Waals surface area (Å²) < 4.78 is 1.72. The Labute approximate surface area is 202 Å². The van der Waals surface area contributed by atoms with Gasteiger partial charge in [0.25, 0.3) is 11.8 Å². The third-order valence-electron chi connectivity index (χ3n) is 6.21. The summed E-state index contributed by atoms with van der Waals surface area (Å²) >= 11 is 5.94. The average molecular weight is 474 g/mol. The quantitative estimate of drug-likeness (QED) is 0.447. The molecule has 0 saturated carbocycles. The fraction of sp³-hybridized carbons (Fsp3) is 0.231. The predicted octanol–water partition coefficient (Wildman–Crippen LogP) is 4.20. The molecule has 0 unspecified atom stereocenters. The maximum atomic E-state index is 13.7. The number of nitrogens with zero attached hydrogens (tertiary/aromatic N) is 5. The van der Waals surface area contributed by atoms with Crippen LogP contribution < -0.4 is 0 Å². The van der Waals surface area contributed by atoms with E-state index < -0.39 is 0 Å². The molecule has 2 amide bonds. The van der Waals surface area contributed by atoms with E-state index in [0.717, 1.165) is 22.3 Å². The Bertz CT molecular complexity index is 1370. The molecule has 8 heteroatoms. The zero-order chi connectivity index (χ0) is 23.8. The number of piperazine rings is 1. The summed E-state index contributed by atoms with van der Waals surface area (Å²) in [7, 11) is 1.84. The van der Waals surface area contributed by atoms with E-state index >= 15 is 0 Å². The minimum absolute atomic E-state index is 0.0514. The Morgan fingerprint density at radius 2 is 1.50 bits per heavy atom. The molecule has 172 valence electrons. The van der Waals surface area contributed by atoms with E-state index in [-0.39, 0.29) is 11.8 Å². The lowest BCUT2D eigenvalue weighted by molar-refractivity contribution is 0.0536. The van der Waals surface area contributed by atoms with Gasteiger partial charge in [-0.25, -0.2) is 4.98 Å². The minimum Gasteiger partial charge on any atom is -0.335 e. The van der Waals surface area contributed by atoms with Crippen LogP contribution in [-0.2, 0) is 7.05 Å². The second-order valence-electron chi connectivity index (χ2n) is 8.42. The molecule has 3 heterocycles. The van der Waals surface area contributed by atoms with Gasteiger partial charge in [0, 0.05) is 49.4 Å². The van der Waals surface area contributed by atoms with Crippen LogP contribution in [0.2, 0.25) is 5.02 Å². The van der Waals surface area contributed by atoms with Crippen molar-refractivity contribution in [3.63, 3.8) is 0 Å². The van der Waals surface area contributed by atoms with Crippen LogP contribution in [0.25, 0.3) is 22.3 Å². The molecule has 34 heavy (non-hydrogen) atoms. The van der Waals surface area contributed by atoms with E-state index in [4.69, 9.17) is 16.6 Å². The summed E-state index contributed by atoms with van der Waals surface area (Å²) in [6, 6.07) is 18.6. The van der Waals surface area contributed by atoms with Gasteiger partial charge in [0.1, 0.15) is 0 Å². The van der Waals surface area contributed by atoms with Gasteiger partial charge in [0.15, 0.2) is 5.65 Å². The number of carbonyl (C=O) groups is 2. The molecule has 2 aromatic carbocycles. The van der Waals surface area contributed by atoms with Crippen molar-refractivity contribution in [2.75, 3.05) is 26.2 Å². The number of halogens is 1. The smallest absolute Gasteiger partial charge is 0.254 e. The highest BCUT2D eigenvalue weighted by atomic mass is 35.5. The van der Waals surface area contributed by atoms with Crippen LogP contribution in [0.5, 0.6) is 0 Å². The summed E-state index contributed by atoms with van der Waals surface area (Å²) in [6.45, 7) is 3.76. The van der Waals surface area contributed by atoms with E-state index in [2.05, 4.69) is 5.10 Å². The molecule has 0 radical (unpaired) electrons. The van der Waals surface area contributed by atoms with E-state index in [1.165, 1.54) is 0 Å². The van der Waals surface area contributed by atoms with E-state index in [1.807, 2.05) is 55.3 Å². The van der Waals surface area contributed by atoms with Gasteiger partial charge in [-0.15, -0.1) is 0 Å². The second kappa shape index (κ2) is 8.91. The number of hydrogen-bond acceptors (Lipinski definition) is 4. The van der Waals surface area contributed by atoms with Crippen molar-refractivity contribution in [1.29, 1.82) is 0 Å². The first-order valence-corrected chi connectivity index (χ1v) is 11.5. The van der Waals surface area contributed by atoms with Crippen LogP contribution in [-0.4, -0.2) is 62.6 Å². The predicted molar refractivity (Wildman–Crippen MR) is 132 cm³/mol. The van der Waals surface area contributed by atoms with Crippen LogP contribution in [0.3, 0.4) is 0 Å². The van der Waals surface area contributed by atoms with Crippen molar-refractivity contribution in [3.8, 4) is 11.3 Å². The SMILES string of the molecule is Cc1nn(C)c2nc(-c3ccccc3)cc(C(=O)N3CCN(C(=O)c4ccc(Cl)cc4)CC3)c12. The van der Waals surface area contributed by atoms with Crippen molar-refractivity contribution in [2.45, 2.75) is 6.92 Å². The third kappa shape index (κ3) is 4.03. The fourth-order valence-corrected chi connectivity index (χ4v) is 4.55. The summed E-state index contributed by atoms with van der Waals surface area (Å²) in [4.78, 5) is 34.9. The van der Waals surface area contributed by atoms with Crippen LogP contribution in [0.1, 0.15) is 26.4 Å². The van der Waals surface area contributed by atoms with Gasteiger partial charge in [-0.2, -0.15) is 5.10 Å². The van der Waals surface area contributed by atoms with Crippen molar-refractivity contribution in [3.05, 3.63) is 82.5 Å². The largest absolute Gasteiger partial charge is 0.335 e. The molecule has 7 nitrogen and oxygen atoms in total. The lowest BCUT2D eigenvalue weighted by Gasteiger charge is -2.35. The molecule has 1 saturated heterocycles. The molecule has 4 aromatic rings. The zero-order valence-electron chi connectivity index (χ0n) is 19.0. The standard InChI is InChI=1S/C26H24ClN5O2/c1-17-23-21(16-22(18-6-4-3-5-7-18)28-24(23)30(2)29-17)26(34)32-14-12-31(13-15-32)25(33)19-8-10-20(27)11-9-19/h3-11,16H,12-15H2,1-2H3. The number of rotatable bonds is 3. The summed E-state index contributed by atoms with van der Waals surface area (Å²) in [5, 5.41) is 5.87. The highest BCUT2D eigenvalue weighted by molar-refractivity contribution is 6.30. The van der Waals surface area contributed by atoms with Gasteiger partial charge in [0.05, 0.1) is 22.3 Å². The first kappa shape index (κ1) is 22.1. The van der Waals surface area contributed by atoms with Crippen LogP contribution in [0, 0.1) is 6.92 Å². The number of pyridine rings is 1. The van der Waals surface area contributed by atoms with Crippen molar-refractivity contribution in [1.82, 2.24) is 24.6 Å². The van der Waals surface area contributed by atoms with Crippen molar-refractivity contribution in [2.24, 2.45) is 7.05 Å². The lowest BCUT2D eigenvalue weighted by Crippen LogP contribution is -2.50. The van der Waals surface area contributed by atoms with E-state index in [1.54, 1.807) is 33.8 Å². The molecular formula is C26H24ClN5O2. The monoisotopic (exact) mass is 473 g/mol. The molecule has 5 rings (SSSR count). The fourth-order valence-electron chi connectivity index (χ4n) is 4.43. The summed E-state index contributed by atoms with van der Waals surface area (Å²) in [5.41, 5.74) is 4.31. The maximum absolute atomic E-state index is 13.7. The summed E-state index contributed by atoms with van der Waals surface area (Å²) in [5.74, 6) is -0.121. The molecule has 0 spiro atoms. The number of amides is 2. The van der Waals surface area contributed by atoms with Gasteiger partial charge in [-0.3, -0.25) is 14.3 Å². The Hall–Kier alpha value is -3.71. The first-order chi connectivity index (χ1) is 16.4. The molecule has 0 atom stereocenters. The highest BCUT2D eigenvalue weighted by Crippen LogP contribution is 2.28. The number of aromatic nitrogens is 3. The number of hydrogen-bond donors (Lipinski definition) is 0. The van der Waals surface area contributed by atoms with Crippen LogP contribution >= 0.6 is 11.6 Å². The van der Waals surface area contributed by atoms with Gasteiger partial charge < -0.3 is 9.80 Å². The molecular weight excluding hydrogens is 450 g/mol. The van der Waals surface area contributed by atoms with Crippen molar-refractivity contribution < 1.29 is 9.59 Å². The molecule has 1 aliphatic rings.